The second-order valence-corrected chi connectivity index (χ2v) is 4.64. The molecule has 0 spiro atoms. The van der Waals surface area contributed by atoms with Gasteiger partial charge >= 0.3 is 0 Å². The van der Waals surface area contributed by atoms with Gasteiger partial charge in [-0.05, 0) is 53.8 Å². The molecule has 0 aliphatic carbocycles. The van der Waals surface area contributed by atoms with Crippen LogP contribution in [0.25, 0.3) is 0 Å². The van der Waals surface area contributed by atoms with Gasteiger partial charge in [0.05, 0.1) is 6.54 Å². The van der Waals surface area contributed by atoms with E-state index in [9.17, 15) is 9.59 Å². The van der Waals surface area contributed by atoms with Crippen molar-refractivity contribution >= 4 is 34.4 Å². The van der Waals surface area contributed by atoms with E-state index >= 15 is 0 Å². The van der Waals surface area contributed by atoms with E-state index in [1.165, 1.54) is 0 Å². The molecular formula is C11H13IN2O3. The summed E-state index contributed by atoms with van der Waals surface area (Å²) in [4.78, 5) is 22.0. The molecule has 0 heterocycles. The molecule has 0 unspecified atom stereocenters. The van der Waals surface area contributed by atoms with E-state index in [1.54, 1.807) is 19.1 Å². The summed E-state index contributed by atoms with van der Waals surface area (Å²) >= 11 is 2.18. The van der Waals surface area contributed by atoms with Gasteiger partial charge in [-0.25, -0.2) is 0 Å². The van der Waals surface area contributed by atoms with E-state index in [2.05, 4.69) is 27.9 Å². The van der Waals surface area contributed by atoms with Crippen LogP contribution in [0.5, 0.6) is 5.75 Å². The zero-order valence-electron chi connectivity index (χ0n) is 9.27. The number of amides is 2. The average Bonchev–Trinajstić information content (AvgIpc) is 2.28. The Morgan fingerprint density at radius 3 is 2.53 bits per heavy atom. The van der Waals surface area contributed by atoms with Gasteiger partial charge in [-0.3, -0.25) is 9.59 Å². The highest BCUT2D eigenvalue weighted by Gasteiger charge is 2.14. The summed E-state index contributed by atoms with van der Waals surface area (Å²) in [5, 5.41) is 2.37. The lowest BCUT2D eigenvalue weighted by molar-refractivity contribution is -0.129. The first-order valence-electron chi connectivity index (χ1n) is 4.97. The van der Waals surface area contributed by atoms with Gasteiger partial charge in [0.15, 0.2) is 6.10 Å². The van der Waals surface area contributed by atoms with Gasteiger partial charge in [-0.15, -0.1) is 0 Å². The maximum absolute atomic E-state index is 11.5. The normalized spacial score (nSPS) is 11.6. The Hall–Kier alpha value is -1.31. The third-order valence-electron chi connectivity index (χ3n) is 1.93. The molecular weight excluding hydrogens is 335 g/mol. The minimum Gasteiger partial charge on any atom is -0.481 e. The summed E-state index contributed by atoms with van der Waals surface area (Å²) in [7, 11) is 0. The second-order valence-electron chi connectivity index (χ2n) is 3.40. The summed E-state index contributed by atoms with van der Waals surface area (Å²) in [5.74, 6) is -0.352. The Balaban J connectivity index is 2.48. The van der Waals surface area contributed by atoms with Crippen LogP contribution in [-0.4, -0.2) is 24.5 Å². The third kappa shape index (κ3) is 5.03. The predicted molar refractivity (Wildman–Crippen MR) is 71.5 cm³/mol. The van der Waals surface area contributed by atoms with E-state index in [0.717, 1.165) is 3.57 Å². The van der Waals surface area contributed by atoms with Crippen LogP contribution in [0.2, 0.25) is 0 Å². The fourth-order valence-corrected chi connectivity index (χ4v) is 1.45. The van der Waals surface area contributed by atoms with Crippen LogP contribution in [-0.2, 0) is 9.59 Å². The second kappa shape index (κ2) is 6.43. The molecule has 0 radical (unpaired) electrons. The fraction of sp³-hybridized carbons (Fsp3) is 0.273. The topological polar surface area (TPSA) is 81.4 Å². The molecule has 0 saturated carbocycles. The SMILES string of the molecule is C[C@H](Oc1ccc(I)cc1)C(=O)NCC(N)=O. The van der Waals surface area contributed by atoms with Crippen molar-refractivity contribution in [1.82, 2.24) is 5.32 Å². The van der Waals surface area contributed by atoms with Crippen molar-refractivity contribution in [3.05, 3.63) is 27.8 Å². The lowest BCUT2D eigenvalue weighted by Crippen LogP contribution is -2.40. The van der Waals surface area contributed by atoms with Gasteiger partial charge in [0, 0.05) is 3.57 Å². The minimum atomic E-state index is -0.672. The van der Waals surface area contributed by atoms with Crippen LogP contribution in [0.15, 0.2) is 24.3 Å². The Kier molecular flexibility index (Phi) is 5.20. The minimum absolute atomic E-state index is 0.181. The number of rotatable bonds is 5. The summed E-state index contributed by atoms with van der Waals surface area (Å²) in [6.07, 6.45) is -0.672. The Morgan fingerprint density at radius 2 is 2.00 bits per heavy atom. The molecule has 0 aliphatic heterocycles. The smallest absolute Gasteiger partial charge is 0.261 e. The van der Waals surface area contributed by atoms with Crippen molar-refractivity contribution in [3.63, 3.8) is 0 Å². The van der Waals surface area contributed by atoms with Crippen molar-refractivity contribution in [2.24, 2.45) is 5.73 Å². The Bertz CT molecular complexity index is 406. The molecule has 1 aromatic rings. The monoisotopic (exact) mass is 348 g/mol. The van der Waals surface area contributed by atoms with Crippen LogP contribution in [0, 0.1) is 3.57 Å². The summed E-state index contributed by atoms with van der Waals surface area (Å²) in [6, 6.07) is 7.31. The number of nitrogens with one attached hydrogen (secondary N) is 1. The summed E-state index contributed by atoms with van der Waals surface area (Å²) in [6.45, 7) is 1.42. The fourth-order valence-electron chi connectivity index (χ4n) is 1.09. The standard InChI is InChI=1S/C11H13IN2O3/c1-7(11(16)14-6-10(13)15)17-9-4-2-8(12)3-5-9/h2-5,7H,6H2,1H3,(H2,13,15)(H,14,16)/t7-/m0/s1. The van der Waals surface area contributed by atoms with Gasteiger partial charge in [0.2, 0.25) is 5.91 Å². The van der Waals surface area contributed by atoms with Crippen molar-refractivity contribution in [1.29, 1.82) is 0 Å². The molecule has 3 N–H and O–H groups in total. The quantitative estimate of drug-likeness (QED) is 0.767. The van der Waals surface area contributed by atoms with Crippen LogP contribution < -0.4 is 15.8 Å². The molecule has 1 aromatic carbocycles. The highest BCUT2D eigenvalue weighted by atomic mass is 127. The molecule has 5 nitrogen and oxygen atoms in total. The third-order valence-corrected chi connectivity index (χ3v) is 2.65. The Morgan fingerprint density at radius 1 is 1.41 bits per heavy atom. The van der Waals surface area contributed by atoms with Gasteiger partial charge in [0.25, 0.3) is 5.91 Å². The van der Waals surface area contributed by atoms with E-state index in [0.29, 0.717) is 5.75 Å². The van der Waals surface area contributed by atoms with E-state index in [-0.39, 0.29) is 12.5 Å². The van der Waals surface area contributed by atoms with Gasteiger partial charge in [-0.1, -0.05) is 0 Å². The predicted octanol–water partition coefficient (Wildman–Crippen LogP) is 0.660. The molecule has 17 heavy (non-hydrogen) atoms. The zero-order valence-corrected chi connectivity index (χ0v) is 11.4. The van der Waals surface area contributed by atoms with Crippen LogP contribution in [0.4, 0.5) is 0 Å². The van der Waals surface area contributed by atoms with Crippen molar-refractivity contribution in [3.8, 4) is 5.75 Å². The number of primary amides is 1. The maximum atomic E-state index is 11.5. The molecule has 0 bridgehead atoms. The van der Waals surface area contributed by atoms with Crippen molar-refractivity contribution < 1.29 is 14.3 Å². The molecule has 1 rings (SSSR count). The van der Waals surface area contributed by atoms with Gasteiger partial charge in [-0.2, -0.15) is 0 Å². The lowest BCUT2D eigenvalue weighted by atomic mass is 10.3. The number of hydrogen-bond donors (Lipinski definition) is 2. The molecule has 6 heteroatoms. The number of benzene rings is 1. The first-order chi connectivity index (χ1) is 7.99. The molecule has 92 valence electrons. The molecule has 2 amide bonds. The van der Waals surface area contributed by atoms with Crippen molar-refractivity contribution in [2.45, 2.75) is 13.0 Å². The number of halogens is 1. The van der Waals surface area contributed by atoms with Gasteiger partial charge < -0.3 is 15.8 Å². The first-order valence-corrected chi connectivity index (χ1v) is 6.05. The number of carbonyl (C=O) groups excluding carboxylic acids is 2. The van der Waals surface area contributed by atoms with Gasteiger partial charge in [0.1, 0.15) is 5.75 Å². The summed E-state index contributed by atoms with van der Waals surface area (Å²) < 4.78 is 6.48. The van der Waals surface area contributed by atoms with Crippen LogP contribution in [0.1, 0.15) is 6.92 Å². The number of hydrogen-bond acceptors (Lipinski definition) is 3. The molecule has 0 aliphatic rings. The van der Waals surface area contributed by atoms with E-state index in [4.69, 9.17) is 10.5 Å². The molecule has 0 saturated heterocycles. The summed E-state index contributed by atoms with van der Waals surface area (Å²) in [5.41, 5.74) is 4.91. The number of nitrogens with two attached hydrogens (primary N) is 1. The first kappa shape index (κ1) is 13.8. The van der Waals surface area contributed by atoms with Crippen LogP contribution >= 0.6 is 22.6 Å². The molecule has 0 fully saturated rings. The average molecular weight is 348 g/mol. The van der Waals surface area contributed by atoms with Crippen LogP contribution in [0.3, 0.4) is 0 Å². The zero-order chi connectivity index (χ0) is 12.8. The van der Waals surface area contributed by atoms with Crippen molar-refractivity contribution in [2.75, 3.05) is 6.54 Å². The number of ether oxygens (including phenoxy) is 1. The highest BCUT2D eigenvalue weighted by molar-refractivity contribution is 14.1. The largest absolute Gasteiger partial charge is 0.481 e. The molecule has 0 aromatic heterocycles. The lowest BCUT2D eigenvalue weighted by Gasteiger charge is -2.14. The maximum Gasteiger partial charge on any atom is 0.261 e. The number of carbonyl (C=O) groups is 2. The highest BCUT2D eigenvalue weighted by Crippen LogP contribution is 2.14. The van der Waals surface area contributed by atoms with E-state index in [1.807, 2.05) is 12.1 Å². The molecule has 1 atom stereocenters. The van der Waals surface area contributed by atoms with E-state index < -0.39 is 12.0 Å². The Labute approximate surface area is 113 Å².